The highest BCUT2D eigenvalue weighted by molar-refractivity contribution is 9.13. The van der Waals surface area contributed by atoms with Gasteiger partial charge in [-0.1, -0.05) is 19.8 Å². The zero-order chi connectivity index (χ0) is 11.8. The molecule has 1 fully saturated rings. The SMILES string of the molecule is CCC1(C(N)c2cc(Br)c(Br)s2)CCCC1. The van der Waals surface area contributed by atoms with Crippen LogP contribution in [0.15, 0.2) is 14.3 Å². The Balaban J connectivity index is 2.26. The van der Waals surface area contributed by atoms with Crippen LogP contribution in [0.4, 0.5) is 0 Å². The molecule has 1 aromatic heterocycles. The molecule has 1 saturated carbocycles. The fourth-order valence-electron chi connectivity index (χ4n) is 2.78. The van der Waals surface area contributed by atoms with Gasteiger partial charge >= 0.3 is 0 Å². The summed E-state index contributed by atoms with van der Waals surface area (Å²) in [5.41, 5.74) is 6.85. The second-order valence-electron chi connectivity index (χ2n) is 4.67. The molecule has 1 heterocycles. The summed E-state index contributed by atoms with van der Waals surface area (Å²) in [6.07, 6.45) is 6.46. The maximum absolute atomic E-state index is 6.50. The van der Waals surface area contributed by atoms with Gasteiger partial charge in [0.1, 0.15) is 0 Å². The van der Waals surface area contributed by atoms with E-state index in [1.54, 1.807) is 11.3 Å². The normalized spacial score (nSPS) is 21.2. The number of halogens is 2. The molecule has 16 heavy (non-hydrogen) atoms. The fourth-order valence-corrected chi connectivity index (χ4v) is 5.02. The first-order chi connectivity index (χ1) is 7.59. The van der Waals surface area contributed by atoms with Gasteiger partial charge in [-0.05, 0) is 62.6 Å². The molecule has 0 spiro atoms. The third-order valence-electron chi connectivity index (χ3n) is 3.93. The Morgan fingerprint density at radius 3 is 2.50 bits per heavy atom. The van der Waals surface area contributed by atoms with Crippen molar-refractivity contribution in [3.05, 3.63) is 19.2 Å². The monoisotopic (exact) mass is 365 g/mol. The quantitative estimate of drug-likeness (QED) is 0.777. The lowest BCUT2D eigenvalue weighted by Gasteiger charge is -2.33. The summed E-state index contributed by atoms with van der Waals surface area (Å²) in [6, 6.07) is 2.38. The van der Waals surface area contributed by atoms with Gasteiger partial charge in [0.15, 0.2) is 0 Å². The third-order valence-corrected chi connectivity index (χ3v) is 7.27. The van der Waals surface area contributed by atoms with Crippen LogP contribution >= 0.6 is 43.2 Å². The van der Waals surface area contributed by atoms with Gasteiger partial charge < -0.3 is 5.73 Å². The lowest BCUT2D eigenvalue weighted by atomic mass is 9.76. The molecule has 0 amide bonds. The zero-order valence-corrected chi connectivity index (χ0v) is 13.4. The van der Waals surface area contributed by atoms with Crippen LogP contribution in [0.25, 0.3) is 0 Å². The van der Waals surface area contributed by atoms with E-state index in [0.717, 1.165) is 8.26 Å². The Kier molecular flexibility index (Phi) is 4.15. The largest absolute Gasteiger partial charge is 0.323 e. The highest BCUT2D eigenvalue weighted by Crippen LogP contribution is 2.51. The number of thiophene rings is 1. The summed E-state index contributed by atoms with van der Waals surface area (Å²) in [6.45, 7) is 2.28. The second kappa shape index (κ2) is 5.09. The average Bonchev–Trinajstić information content (AvgIpc) is 2.87. The molecule has 2 N–H and O–H groups in total. The van der Waals surface area contributed by atoms with E-state index in [2.05, 4.69) is 44.8 Å². The van der Waals surface area contributed by atoms with E-state index in [0.29, 0.717) is 5.41 Å². The van der Waals surface area contributed by atoms with Crippen LogP contribution in [0.5, 0.6) is 0 Å². The Labute approximate surface area is 118 Å². The summed E-state index contributed by atoms with van der Waals surface area (Å²) in [7, 11) is 0. The van der Waals surface area contributed by atoms with Crippen LogP contribution in [0.3, 0.4) is 0 Å². The zero-order valence-electron chi connectivity index (χ0n) is 9.43. The molecule has 1 atom stereocenters. The molecule has 0 saturated heterocycles. The minimum Gasteiger partial charge on any atom is -0.323 e. The van der Waals surface area contributed by atoms with Crippen molar-refractivity contribution in [2.45, 2.75) is 45.1 Å². The van der Waals surface area contributed by atoms with Crippen molar-refractivity contribution in [3.63, 3.8) is 0 Å². The molecule has 4 heteroatoms. The van der Waals surface area contributed by atoms with Gasteiger partial charge in [0, 0.05) is 15.4 Å². The van der Waals surface area contributed by atoms with E-state index in [-0.39, 0.29) is 6.04 Å². The predicted molar refractivity (Wildman–Crippen MR) is 77.8 cm³/mol. The maximum Gasteiger partial charge on any atom is 0.0843 e. The van der Waals surface area contributed by atoms with Crippen molar-refractivity contribution in [2.24, 2.45) is 11.1 Å². The summed E-state index contributed by atoms with van der Waals surface area (Å²) in [4.78, 5) is 1.31. The molecule has 1 unspecified atom stereocenters. The first kappa shape index (κ1) is 13.1. The number of rotatable bonds is 3. The van der Waals surface area contributed by atoms with Crippen molar-refractivity contribution in [2.75, 3.05) is 0 Å². The van der Waals surface area contributed by atoms with Crippen molar-refractivity contribution >= 4 is 43.2 Å². The summed E-state index contributed by atoms with van der Waals surface area (Å²) < 4.78 is 2.29. The van der Waals surface area contributed by atoms with E-state index in [4.69, 9.17) is 5.73 Å². The lowest BCUT2D eigenvalue weighted by Crippen LogP contribution is -2.31. The first-order valence-electron chi connectivity index (χ1n) is 5.79. The molecular weight excluding hydrogens is 350 g/mol. The van der Waals surface area contributed by atoms with E-state index in [1.165, 1.54) is 37.0 Å². The Hall–Kier alpha value is 0.620. The minimum atomic E-state index is 0.201. The van der Waals surface area contributed by atoms with Crippen LogP contribution < -0.4 is 5.73 Å². The predicted octanol–water partition coefficient (Wildman–Crippen LogP) is 5.24. The minimum absolute atomic E-state index is 0.201. The van der Waals surface area contributed by atoms with Gasteiger partial charge in [0.25, 0.3) is 0 Å². The molecule has 1 nitrogen and oxygen atoms in total. The Morgan fingerprint density at radius 1 is 1.44 bits per heavy atom. The summed E-state index contributed by atoms with van der Waals surface area (Å²) >= 11 is 8.86. The molecule has 90 valence electrons. The lowest BCUT2D eigenvalue weighted by molar-refractivity contribution is 0.225. The number of nitrogens with two attached hydrogens (primary N) is 1. The highest BCUT2D eigenvalue weighted by Gasteiger charge is 2.39. The van der Waals surface area contributed by atoms with Gasteiger partial charge in [0.05, 0.1) is 3.79 Å². The van der Waals surface area contributed by atoms with Gasteiger partial charge in [0.2, 0.25) is 0 Å². The highest BCUT2D eigenvalue weighted by atomic mass is 79.9. The van der Waals surface area contributed by atoms with Gasteiger partial charge in [-0.3, -0.25) is 0 Å². The van der Waals surface area contributed by atoms with Crippen LogP contribution in [0, 0.1) is 5.41 Å². The smallest absolute Gasteiger partial charge is 0.0843 e. The topological polar surface area (TPSA) is 26.0 Å². The molecule has 0 bridgehead atoms. The van der Waals surface area contributed by atoms with Crippen LogP contribution in [0.1, 0.15) is 49.9 Å². The molecule has 0 radical (unpaired) electrons. The third kappa shape index (κ3) is 2.26. The second-order valence-corrected chi connectivity index (χ2v) is 7.93. The van der Waals surface area contributed by atoms with Crippen molar-refractivity contribution < 1.29 is 0 Å². The molecule has 2 rings (SSSR count). The van der Waals surface area contributed by atoms with Crippen LogP contribution in [-0.4, -0.2) is 0 Å². The van der Waals surface area contributed by atoms with Gasteiger partial charge in [-0.25, -0.2) is 0 Å². The van der Waals surface area contributed by atoms with Gasteiger partial charge in [-0.15, -0.1) is 11.3 Å². The fraction of sp³-hybridized carbons (Fsp3) is 0.667. The molecular formula is C12H17Br2NS. The number of hydrogen-bond donors (Lipinski definition) is 1. The van der Waals surface area contributed by atoms with E-state index < -0.39 is 0 Å². The molecule has 1 aromatic rings. The van der Waals surface area contributed by atoms with Gasteiger partial charge in [-0.2, -0.15) is 0 Å². The summed E-state index contributed by atoms with van der Waals surface area (Å²) in [5, 5.41) is 0. The molecule has 1 aliphatic carbocycles. The van der Waals surface area contributed by atoms with E-state index in [1.807, 2.05) is 0 Å². The Morgan fingerprint density at radius 2 is 2.06 bits per heavy atom. The van der Waals surface area contributed by atoms with Crippen LogP contribution in [-0.2, 0) is 0 Å². The van der Waals surface area contributed by atoms with E-state index >= 15 is 0 Å². The van der Waals surface area contributed by atoms with Crippen molar-refractivity contribution in [1.29, 1.82) is 0 Å². The van der Waals surface area contributed by atoms with Crippen molar-refractivity contribution in [1.82, 2.24) is 0 Å². The number of hydrogen-bond acceptors (Lipinski definition) is 2. The molecule has 0 aliphatic heterocycles. The van der Waals surface area contributed by atoms with Crippen LogP contribution in [0.2, 0.25) is 0 Å². The maximum atomic E-state index is 6.50. The van der Waals surface area contributed by atoms with E-state index in [9.17, 15) is 0 Å². The summed E-state index contributed by atoms with van der Waals surface area (Å²) in [5.74, 6) is 0. The molecule has 1 aliphatic rings. The average molecular weight is 367 g/mol. The Bertz CT molecular complexity index is 350. The molecule has 0 aromatic carbocycles. The first-order valence-corrected chi connectivity index (χ1v) is 8.19. The standard InChI is InChI=1S/C12H17Br2NS/c1-2-12(5-3-4-6-12)10(15)9-7-8(13)11(14)16-9/h7,10H,2-6,15H2,1H3. The van der Waals surface area contributed by atoms with Crippen molar-refractivity contribution in [3.8, 4) is 0 Å².